The zero-order chi connectivity index (χ0) is 13.8. The third-order valence-electron chi connectivity index (χ3n) is 3.67. The molecule has 0 aliphatic carbocycles. The standard InChI is InChI=1S/C16H20N4/c1-14-11-17-16(18-12-14)20-9-7-19(8-10-20)13-15-5-3-2-4-6-15/h2-6,11-12H,7-10,13H2,1H3. The van der Waals surface area contributed by atoms with Crippen LogP contribution >= 0.6 is 0 Å². The first-order chi connectivity index (χ1) is 9.81. The smallest absolute Gasteiger partial charge is 0.225 e. The lowest BCUT2D eigenvalue weighted by atomic mass is 10.2. The van der Waals surface area contributed by atoms with Crippen molar-refractivity contribution in [3.8, 4) is 0 Å². The third-order valence-corrected chi connectivity index (χ3v) is 3.67. The van der Waals surface area contributed by atoms with Crippen LogP contribution in [0, 0.1) is 6.92 Å². The van der Waals surface area contributed by atoms with Crippen LogP contribution in [0.5, 0.6) is 0 Å². The zero-order valence-corrected chi connectivity index (χ0v) is 11.9. The Morgan fingerprint density at radius 2 is 1.60 bits per heavy atom. The first-order valence-corrected chi connectivity index (χ1v) is 7.11. The summed E-state index contributed by atoms with van der Waals surface area (Å²) in [6.45, 7) is 7.16. The largest absolute Gasteiger partial charge is 0.338 e. The molecule has 20 heavy (non-hydrogen) atoms. The summed E-state index contributed by atoms with van der Waals surface area (Å²) in [6, 6.07) is 10.7. The van der Waals surface area contributed by atoms with Crippen molar-refractivity contribution < 1.29 is 0 Å². The Morgan fingerprint density at radius 1 is 0.950 bits per heavy atom. The van der Waals surface area contributed by atoms with Gasteiger partial charge in [-0.15, -0.1) is 0 Å². The van der Waals surface area contributed by atoms with Gasteiger partial charge < -0.3 is 4.90 Å². The Bertz CT molecular complexity index is 530. The van der Waals surface area contributed by atoms with E-state index in [0.717, 1.165) is 44.2 Å². The number of anilines is 1. The van der Waals surface area contributed by atoms with Crippen LogP contribution in [0.1, 0.15) is 11.1 Å². The molecule has 1 aromatic heterocycles. The lowest BCUT2D eigenvalue weighted by Crippen LogP contribution is -2.46. The molecule has 1 aliphatic rings. The highest BCUT2D eigenvalue weighted by atomic mass is 15.3. The summed E-state index contributed by atoms with van der Waals surface area (Å²) < 4.78 is 0. The van der Waals surface area contributed by atoms with E-state index in [1.807, 2.05) is 19.3 Å². The second-order valence-electron chi connectivity index (χ2n) is 5.31. The number of rotatable bonds is 3. The minimum Gasteiger partial charge on any atom is -0.338 e. The number of aromatic nitrogens is 2. The Balaban J connectivity index is 1.55. The van der Waals surface area contributed by atoms with Crippen LogP contribution in [-0.2, 0) is 6.54 Å². The van der Waals surface area contributed by atoms with E-state index in [2.05, 4.69) is 50.1 Å². The monoisotopic (exact) mass is 268 g/mol. The number of benzene rings is 1. The molecule has 2 aromatic rings. The molecular formula is C16H20N4. The number of hydrogen-bond acceptors (Lipinski definition) is 4. The molecule has 1 aromatic carbocycles. The van der Waals surface area contributed by atoms with Gasteiger partial charge in [-0.2, -0.15) is 0 Å². The predicted octanol–water partition coefficient (Wildman–Crippen LogP) is 2.11. The number of aryl methyl sites for hydroxylation is 1. The second-order valence-corrected chi connectivity index (χ2v) is 5.31. The van der Waals surface area contributed by atoms with Gasteiger partial charge in [0.05, 0.1) is 0 Å². The van der Waals surface area contributed by atoms with Gasteiger partial charge in [0.15, 0.2) is 0 Å². The van der Waals surface area contributed by atoms with Gasteiger partial charge in [0.2, 0.25) is 5.95 Å². The average molecular weight is 268 g/mol. The maximum atomic E-state index is 4.41. The molecule has 2 heterocycles. The minimum absolute atomic E-state index is 0.856. The summed E-state index contributed by atoms with van der Waals surface area (Å²) in [5.74, 6) is 0.856. The first-order valence-electron chi connectivity index (χ1n) is 7.11. The summed E-state index contributed by atoms with van der Waals surface area (Å²) >= 11 is 0. The summed E-state index contributed by atoms with van der Waals surface area (Å²) in [5.41, 5.74) is 2.49. The van der Waals surface area contributed by atoms with Gasteiger partial charge in [0, 0.05) is 45.1 Å². The Labute approximate surface area is 120 Å². The number of nitrogens with zero attached hydrogens (tertiary/aromatic N) is 4. The highest BCUT2D eigenvalue weighted by molar-refractivity contribution is 5.30. The lowest BCUT2D eigenvalue weighted by Gasteiger charge is -2.34. The maximum absolute atomic E-state index is 4.41. The fourth-order valence-electron chi connectivity index (χ4n) is 2.50. The molecule has 4 heteroatoms. The Kier molecular flexibility index (Phi) is 3.92. The van der Waals surface area contributed by atoms with Crippen LogP contribution in [0.25, 0.3) is 0 Å². The molecule has 4 nitrogen and oxygen atoms in total. The highest BCUT2D eigenvalue weighted by Crippen LogP contribution is 2.12. The molecule has 0 atom stereocenters. The van der Waals surface area contributed by atoms with E-state index in [9.17, 15) is 0 Å². The van der Waals surface area contributed by atoms with E-state index in [0.29, 0.717) is 0 Å². The van der Waals surface area contributed by atoms with Gasteiger partial charge in [-0.1, -0.05) is 30.3 Å². The molecule has 1 fully saturated rings. The zero-order valence-electron chi connectivity index (χ0n) is 11.9. The fraction of sp³-hybridized carbons (Fsp3) is 0.375. The first kappa shape index (κ1) is 13.1. The maximum Gasteiger partial charge on any atom is 0.225 e. The van der Waals surface area contributed by atoms with E-state index < -0.39 is 0 Å². The van der Waals surface area contributed by atoms with E-state index in [1.165, 1.54) is 5.56 Å². The fourth-order valence-corrected chi connectivity index (χ4v) is 2.50. The third kappa shape index (κ3) is 3.14. The molecule has 104 valence electrons. The number of piperazine rings is 1. The van der Waals surface area contributed by atoms with E-state index in [4.69, 9.17) is 0 Å². The molecule has 1 saturated heterocycles. The second kappa shape index (κ2) is 6.01. The minimum atomic E-state index is 0.856. The van der Waals surface area contributed by atoms with Gasteiger partial charge in [-0.25, -0.2) is 9.97 Å². The van der Waals surface area contributed by atoms with E-state index in [1.54, 1.807) is 0 Å². The normalized spacial score (nSPS) is 16.4. The summed E-state index contributed by atoms with van der Waals surface area (Å²) in [5, 5.41) is 0. The van der Waals surface area contributed by atoms with Crippen molar-refractivity contribution in [3.05, 3.63) is 53.9 Å². The van der Waals surface area contributed by atoms with Gasteiger partial charge in [-0.05, 0) is 18.1 Å². The van der Waals surface area contributed by atoms with Crippen LogP contribution in [0.4, 0.5) is 5.95 Å². The van der Waals surface area contributed by atoms with Gasteiger partial charge >= 0.3 is 0 Å². The van der Waals surface area contributed by atoms with Crippen molar-refractivity contribution in [1.29, 1.82) is 0 Å². The van der Waals surface area contributed by atoms with Crippen LogP contribution < -0.4 is 4.90 Å². The van der Waals surface area contributed by atoms with Crippen molar-refractivity contribution in [3.63, 3.8) is 0 Å². The highest BCUT2D eigenvalue weighted by Gasteiger charge is 2.18. The van der Waals surface area contributed by atoms with Crippen molar-refractivity contribution >= 4 is 5.95 Å². The van der Waals surface area contributed by atoms with Crippen molar-refractivity contribution in [2.45, 2.75) is 13.5 Å². The molecule has 0 saturated carbocycles. The molecule has 0 radical (unpaired) electrons. The van der Waals surface area contributed by atoms with Crippen LogP contribution in [-0.4, -0.2) is 41.0 Å². The van der Waals surface area contributed by atoms with Crippen molar-refractivity contribution in [1.82, 2.24) is 14.9 Å². The molecule has 0 spiro atoms. The van der Waals surface area contributed by atoms with Gasteiger partial charge in [-0.3, -0.25) is 4.90 Å². The summed E-state index contributed by atoms with van der Waals surface area (Å²) in [4.78, 5) is 13.6. The molecule has 0 amide bonds. The quantitative estimate of drug-likeness (QED) is 0.853. The van der Waals surface area contributed by atoms with Crippen LogP contribution in [0.2, 0.25) is 0 Å². The molecule has 0 unspecified atom stereocenters. The Morgan fingerprint density at radius 3 is 2.25 bits per heavy atom. The van der Waals surface area contributed by atoms with Crippen LogP contribution in [0.15, 0.2) is 42.7 Å². The van der Waals surface area contributed by atoms with Crippen molar-refractivity contribution in [2.24, 2.45) is 0 Å². The van der Waals surface area contributed by atoms with Crippen molar-refractivity contribution in [2.75, 3.05) is 31.1 Å². The van der Waals surface area contributed by atoms with E-state index >= 15 is 0 Å². The molecule has 3 rings (SSSR count). The molecule has 0 bridgehead atoms. The number of hydrogen-bond donors (Lipinski definition) is 0. The van der Waals surface area contributed by atoms with E-state index in [-0.39, 0.29) is 0 Å². The van der Waals surface area contributed by atoms with Gasteiger partial charge in [0.25, 0.3) is 0 Å². The Hall–Kier alpha value is -1.94. The lowest BCUT2D eigenvalue weighted by molar-refractivity contribution is 0.248. The molecule has 0 N–H and O–H groups in total. The summed E-state index contributed by atoms with van der Waals surface area (Å²) in [6.07, 6.45) is 3.78. The molecule has 1 aliphatic heterocycles. The van der Waals surface area contributed by atoms with Gasteiger partial charge in [0.1, 0.15) is 0 Å². The SMILES string of the molecule is Cc1cnc(N2CCN(Cc3ccccc3)CC2)nc1. The summed E-state index contributed by atoms with van der Waals surface area (Å²) in [7, 11) is 0. The average Bonchev–Trinajstić information content (AvgIpc) is 2.50. The van der Waals surface area contributed by atoms with Crippen LogP contribution in [0.3, 0.4) is 0 Å². The topological polar surface area (TPSA) is 32.3 Å². The molecular weight excluding hydrogens is 248 g/mol. The predicted molar refractivity (Wildman–Crippen MR) is 80.7 cm³/mol.